The van der Waals surface area contributed by atoms with Gasteiger partial charge in [0.05, 0.1) is 11.0 Å². The highest BCUT2D eigenvalue weighted by atomic mass is 16.5. The molecule has 2 aliphatic heterocycles. The van der Waals surface area contributed by atoms with E-state index in [1.54, 1.807) is 0 Å². The van der Waals surface area contributed by atoms with Gasteiger partial charge in [-0.15, -0.1) is 0 Å². The second-order valence-corrected chi connectivity index (χ2v) is 7.08. The summed E-state index contributed by atoms with van der Waals surface area (Å²) in [6, 6.07) is 0.266. The Kier molecular flexibility index (Phi) is 5.08. The fraction of sp³-hybridized carbons (Fsp3) is 0.938. The molecule has 0 aromatic heterocycles. The van der Waals surface area contributed by atoms with Gasteiger partial charge in [0, 0.05) is 19.2 Å². The third-order valence-corrected chi connectivity index (χ3v) is 4.71. The Morgan fingerprint density at radius 1 is 1.45 bits per heavy atom. The lowest BCUT2D eigenvalue weighted by molar-refractivity contribution is -0.135. The zero-order valence-electron chi connectivity index (χ0n) is 13.3. The Hall–Kier alpha value is -0.610. The zero-order valence-corrected chi connectivity index (χ0v) is 13.3. The molecule has 2 atom stereocenters. The molecule has 2 saturated heterocycles. The van der Waals surface area contributed by atoms with Gasteiger partial charge in [-0.3, -0.25) is 4.79 Å². The van der Waals surface area contributed by atoms with Crippen molar-refractivity contribution in [2.24, 2.45) is 5.41 Å². The molecule has 2 unspecified atom stereocenters. The Labute approximate surface area is 123 Å². The Morgan fingerprint density at radius 3 is 2.85 bits per heavy atom. The molecule has 0 aliphatic carbocycles. The van der Waals surface area contributed by atoms with Gasteiger partial charge in [-0.25, -0.2) is 0 Å². The highest BCUT2D eigenvalue weighted by Crippen LogP contribution is 2.33. The SMILES string of the molecule is CCCC1(C(=O)NC2CCOC(C)(C)C2)CCCNC1. The van der Waals surface area contributed by atoms with E-state index in [0.717, 1.165) is 58.2 Å². The number of hydrogen-bond acceptors (Lipinski definition) is 3. The number of rotatable bonds is 4. The Morgan fingerprint density at radius 2 is 2.25 bits per heavy atom. The van der Waals surface area contributed by atoms with Crippen molar-refractivity contribution in [1.29, 1.82) is 0 Å². The van der Waals surface area contributed by atoms with E-state index in [9.17, 15) is 4.79 Å². The van der Waals surface area contributed by atoms with E-state index >= 15 is 0 Å². The van der Waals surface area contributed by atoms with E-state index in [1.165, 1.54) is 0 Å². The van der Waals surface area contributed by atoms with Gasteiger partial charge in [0.2, 0.25) is 5.91 Å². The van der Waals surface area contributed by atoms with Crippen molar-refractivity contribution in [2.75, 3.05) is 19.7 Å². The van der Waals surface area contributed by atoms with Crippen LogP contribution < -0.4 is 10.6 Å². The summed E-state index contributed by atoms with van der Waals surface area (Å²) < 4.78 is 5.73. The van der Waals surface area contributed by atoms with Crippen LogP contribution in [-0.2, 0) is 9.53 Å². The lowest BCUT2D eigenvalue weighted by atomic mass is 9.75. The summed E-state index contributed by atoms with van der Waals surface area (Å²) >= 11 is 0. The van der Waals surface area contributed by atoms with Crippen LogP contribution in [0.25, 0.3) is 0 Å². The number of ether oxygens (including phenoxy) is 1. The third-order valence-electron chi connectivity index (χ3n) is 4.71. The maximum atomic E-state index is 12.8. The van der Waals surface area contributed by atoms with Crippen LogP contribution in [0.2, 0.25) is 0 Å². The molecule has 2 heterocycles. The molecule has 0 bridgehead atoms. The molecule has 2 fully saturated rings. The normalized spacial score (nSPS) is 33.6. The number of carbonyl (C=O) groups is 1. The van der Waals surface area contributed by atoms with E-state index in [2.05, 4.69) is 31.4 Å². The van der Waals surface area contributed by atoms with Gasteiger partial charge in [-0.1, -0.05) is 13.3 Å². The molecule has 0 radical (unpaired) electrons. The van der Waals surface area contributed by atoms with E-state index in [4.69, 9.17) is 4.74 Å². The minimum atomic E-state index is -0.185. The maximum Gasteiger partial charge on any atom is 0.227 e. The standard InChI is InChI=1S/C16H30N2O2/c1-4-7-16(8-5-9-17-12-16)14(19)18-13-6-10-20-15(2,3)11-13/h13,17H,4-12H2,1-3H3,(H,18,19). The monoisotopic (exact) mass is 282 g/mol. The summed E-state index contributed by atoms with van der Waals surface area (Å²) in [6.07, 6.45) is 6.02. The lowest BCUT2D eigenvalue weighted by Gasteiger charge is -2.40. The predicted molar refractivity (Wildman–Crippen MR) is 80.6 cm³/mol. The van der Waals surface area contributed by atoms with Crippen molar-refractivity contribution >= 4 is 5.91 Å². The maximum absolute atomic E-state index is 12.8. The Bertz CT molecular complexity index is 330. The first-order valence-electron chi connectivity index (χ1n) is 8.13. The molecule has 2 N–H and O–H groups in total. The second-order valence-electron chi connectivity index (χ2n) is 7.08. The van der Waals surface area contributed by atoms with Crippen LogP contribution in [-0.4, -0.2) is 37.2 Å². The summed E-state index contributed by atoms with van der Waals surface area (Å²) in [5, 5.41) is 6.72. The summed E-state index contributed by atoms with van der Waals surface area (Å²) in [5.41, 5.74) is -0.297. The van der Waals surface area contributed by atoms with Crippen molar-refractivity contribution in [3.8, 4) is 0 Å². The van der Waals surface area contributed by atoms with Crippen LogP contribution >= 0.6 is 0 Å². The summed E-state index contributed by atoms with van der Waals surface area (Å²) in [6.45, 7) is 9.01. The largest absolute Gasteiger partial charge is 0.375 e. The summed E-state index contributed by atoms with van der Waals surface area (Å²) in [5.74, 6) is 0.259. The molecule has 0 aromatic carbocycles. The topological polar surface area (TPSA) is 50.4 Å². The predicted octanol–water partition coefficient (Wildman–Crippen LogP) is 2.23. The highest BCUT2D eigenvalue weighted by Gasteiger charge is 2.40. The number of hydrogen-bond donors (Lipinski definition) is 2. The molecule has 20 heavy (non-hydrogen) atoms. The minimum Gasteiger partial charge on any atom is -0.375 e. The molecule has 0 saturated carbocycles. The first kappa shape index (κ1) is 15.8. The average molecular weight is 282 g/mol. The van der Waals surface area contributed by atoms with Crippen LogP contribution in [0, 0.1) is 5.41 Å². The van der Waals surface area contributed by atoms with Gasteiger partial charge in [0.25, 0.3) is 0 Å². The smallest absolute Gasteiger partial charge is 0.227 e. The summed E-state index contributed by atoms with van der Waals surface area (Å²) in [7, 11) is 0. The number of piperidine rings is 1. The van der Waals surface area contributed by atoms with Gasteiger partial charge < -0.3 is 15.4 Å². The fourth-order valence-electron chi connectivity index (χ4n) is 3.66. The first-order chi connectivity index (χ1) is 9.47. The molecule has 4 nitrogen and oxygen atoms in total. The fourth-order valence-corrected chi connectivity index (χ4v) is 3.66. The molecular formula is C16H30N2O2. The van der Waals surface area contributed by atoms with E-state index in [0.29, 0.717) is 0 Å². The van der Waals surface area contributed by atoms with E-state index < -0.39 is 0 Å². The second kappa shape index (κ2) is 6.44. The molecule has 0 aromatic rings. The number of amides is 1. The van der Waals surface area contributed by atoms with Gasteiger partial charge in [0.15, 0.2) is 0 Å². The van der Waals surface area contributed by atoms with E-state index in [1.807, 2.05) is 0 Å². The van der Waals surface area contributed by atoms with Crippen LogP contribution in [0.15, 0.2) is 0 Å². The molecule has 1 amide bonds. The molecule has 0 spiro atoms. The van der Waals surface area contributed by atoms with Crippen molar-refractivity contribution < 1.29 is 9.53 Å². The zero-order chi connectivity index (χ0) is 14.6. The lowest BCUT2D eigenvalue weighted by Crippen LogP contribution is -2.54. The molecular weight excluding hydrogens is 252 g/mol. The average Bonchev–Trinajstić information content (AvgIpc) is 2.39. The molecule has 2 aliphatic rings. The van der Waals surface area contributed by atoms with Crippen LogP contribution in [0.1, 0.15) is 59.3 Å². The van der Waals surface area contributed by atoms with Gasteiger partial charge in [-0.05, 0) is 52.5 Å². The van der Waals surface area contributed by atoms with Crippen LogP contribution in [0.3, 0.4) is 0 Å². The quantitative estimate of drug-likeness (QED) is 0.831. The van der Waals surface area contributed by atoms with Crippen molar-refractivity contribution in [3.05, 3.63) is 0 Å². The summed E-state index contributed by atoms with van der Waals surface area (Å²) in [4.78, 5) is 12.8. The first-order valence-corrected chi connectivity index (χ1v) is 8.13. The third kappa shape index (κ3) is 3.73. The van der Waals surface area contributed by atoms with Crippen molar-refractivity contribution in [1.82, 2.24) is 10.6 Å². The van der Waals surface area contributed by atoms with Crippen LogP contribution in [0.4, 0.5) is 0 Å². The number of carbonyl (C=O) groups excluding carboxylic acids is 1. The van der Waals surface area contributed by atoms with Gasteiger partial charge >= 0.3 is 0 Å². The Balaban J connectivity index is 1.97. The van der Waals surface area contributed by atoms with Gasteiger partial charge in [0.1, 0.15) is 0 Å². The highest BCUT2D eigenvalue weighted by molar-refractivity contribution is 5.83. The van der Waals surface area contributed by atoms with Gasteiger partial charge in [-0.2, -0.15) is 0 Å². The van der Waals surface area contributed by atoms with Crippen molar-refractivity contribution in [3.63, 3.8) is 0 Å². The minimum absolute atomic E-state index is 0.112. The van der Waals surface area contributed by atoms with Crippen LogP contribution in [0.5, 0.6) is 0 Å². The molecule has 2 rings (SSSR count). The van der Waals surface area contributed by atoms with Crippen molar-refractivity contribution in [2.45, 2.75) is 70.9 Å². The van der Waals surface area contributed by atoms with E-state index in [-0.39, 0.29) is 23.0 Å². The molecule has 116 valence electrons. The number of nitrogens with one attached hydrogen (secondary N) is 2. The molecule has 4 heteroatoms.